The Balaban J connectivity index is 0.00000361. The van der Waals surface area contributed by atoms with E-state index in [1.165, 1.54) is 5.56 Å². The highest BCUT2D eigenvalue weighted by atomic mass is 127. The first-order chi connectivity index (χ1) is 9.06. The van der Waals surface area contributed by atoms with Crippen LogP contribution in [0.15, 0.2) is 23.2 Å². The Hall–Kier alpha value is -0.980. The molecule has 0 saturated carbocycles. The number of benzene rings is 1. The molecule has 1 aromatic carbocycles. The van der Waals surface area contributed by atoms with Crippen molar-refractivity contribution in [3.63, 3.8) is 0 Å². The largest absolute Gasteiger partial charge is 0.491 e. The predicted molar refractivity (Wildman–Crippen MR) is 96.2 cm³/mol. The molecule has 20 heavy (non-hydrogen) atoms. The molecule has 2 N–H and O–H groups in total. The topological polar surface area (TPSA) is 45.7 Å². The van der Waals surface area contributed by atoms with Gasteiger partial charge in [0.2, 0.25) is 0 Å². The number of nitrogens with one attached hydrogen (secondary N) is 2. The molecule has 0 saturated heterocycles. The van der Waals surface area contributed by atoms with Gasteiger partial charge in [-0.05, 0) is 39.3 Å². The van der Waals surface area contributed by atoms with Crippen LogP contribution in [0.5, 0.6) is 5.75 Å². The van der Waals surface area contributed by atoms with Crippen molar-refractivity contribution in [1.29, 1.82) is 0 Å². The molecule has 0 aromatic heterocycles. The maximum atomic E-state index is 5.85. The number of guanidine groups is 1. The minimum atomic E-state index is 0. The average molecular weight is 391 g/mol. The van der Waals surface area contributed by atoms with Gasteiger partial charge in [0.15, 0.2) is 5.96 Å². The molecule has 0 unspecified atom stereocenters. The fourth-order valence-electron chi connectivity index (χ4n) is 1.74. The highest BCUT2D eigenvalue weighted by molar-refractivity contribution is 14.0. The van der Waals surface area contributed by atoms with Gasteiger partial charge < -0.3 is 15.4 Å². The van der Waals surface area contributed by atoms with Crippen LogP contribution in [-0.2, 0) is 6.54 Å². The Labute approximate surface area is 139 Å². The second-order valence-electron chi connectivity index (χ2n) is 4.73. The van der Waals surface area contributed by atoms with Crippen molar-refractivity contribution in [3.8, 4) is 5.75 Å². The Morgan fingerprint density at radius 3 is 2.55 bits per heavy atom. The molecule has 0 aliphatic rings. The first kappa shape index (κ1) is 19.0. The van der Waals surface area contributed by atoms with Gasteiger partial charge in [-0.15, -0.1) is 24.0 Å². The molecule has 0 heterocycles. The Morgan fingerprint density at radius 1 is 1.30 bits per heavy atom. The average Bonchev–Trinajstić information content (AvgIpc) is 2.35. The maximum Gasteiger partial charge on any atom is 0.191 e. The standard InChI is InChI=1S/C15H25N3O.HI/c1-6-17-15(16-5)18-10-13-8-7-12(4)9-14(13)19-11(2)3;/h7-9,11H,6,10H2,1-5H3,(H2,16,17,18);1H. The molecule has 0 amide bonds. The van der Waals surface area contributed by atoms with E-state index in [1.807, 2.05) is 20.8 Å². The quantitative estimate of drug-likeness (QED) is 0.461. The molecule has 0 aliphatic carbocycles. The van der Waals surface area contributed by atoms with Crippen LogP contribution in [-0.4, -0.2) is 25.7 Å². The molecule has 0 bridgehead atoms. The molecule has 114 valence electrons. The van der Waals surface area contributed by atoms with Crippen molar-refractivity contribution in [1.82, 2.24) is 10.6 Å². The number of hydrogen-bond donors (Lipinski definition) is 2. The number of halogens is 1. The van der Waals surface area contributed by atoms with E-state index in [-0.39, 0.29) is 30.1 Å². The summed E-state index contributed by atoms with van der Waals surface area (Å²) in [6.45, 7) is 9.74. The fraction of sp³-hybridized carbons (Fsp3) is 0.533. The second kappa shape index (κ2) is 9.85. The fourth-order valence-corrected chi connectivity index (χ4v) is 1.74. The van der Waals surface area contributed by atoms with E-state index >= 15 is 0 Å². The van der Waals surface area contributed by atoms with Crippen molar-refractivity contribution in [2.24, 2.45) is 4.99 Å². The van der Waals surface area contributed by atoms with Crippen LogP contribution in [0.3, 0.4) is 0 Å². The predicted octanol–water partition coefficient (Wildman–Crippen LogP) is 3.09. The van der Waals surface area contributed by atoms with E-state index in [2.05, 4.69) is 40.7 Å². The molecular weight excluding hydrogens is 365 g/mol. The zero-order valence-electron chi connectivity index (χ0n) is 13.0. The maximum absolute atomic E-state index is 5.85. The summed E-state index contributed by atoms with van der Waals surface area (Å²) >= 11 is 0. The van der Waals surface area contributed by atoms with Gasteiger partial charge in [0.25, 0.3) is 0 Å². The van der Waals surface area contributed by atoms with Crippen molar-refractivity contribution in [2.75, 3.05) is 13.6 Å². The lowest BCUT2D eigenvalue weighted by molar-refractivity contribution is 0.239. The Kier molecular flexibility index (Phi) is 9.37. The monoisotopic (exact) mass is 391 g/mol. The molecule has 1 aromatic rings. The number of aliphatic imine (C=N–C) groups is 1. The normalized spacial score (nSPS) is 11.0. The second-order valence-corrected chi connectivity index (χ2v) is 4.73. The van der Waals surface area contributed by atoms with Gasteiger partial charge >= 0.3 is 0 Å². The summed E-state index contributed by atoms with van der Waals surface area (Å²) in [6.07, 6.45) is 0.175. The van der Waals surface area contributed by atoms with Gasteiger partial charge in [0, 0.05) is 25.7 Å². The lowest BCUT2D eigenvalue weighted by Crippen LogP contribution is -2.36. The third-order valence-electron chi connectivity index (χ3n) is 2.60. The smallest absolute Gasteiger partial charge is 0.191 e. The summed E-state index contributed by atoms with van der Waals surface area (Å²) in [5, 5.41) is 6.45. The zero-order chi connectivity index (χ0) is 14.3. The van der Waals surface area contributed by atoms with Gasteiger partial charge in [-0.2, -0.15) is 0 Å². The zero-order valence-corrected chi connectivity index (χ0v) is 15.3. The van der Waals surface area contributed by atoms with Crippen LogP contribution in [0.4, 0.5) is 0 Å². The first-order valence-electron chi connectivity index (χ1n) is 6.77. The number of ether oxygens (including phenoxy) is 1. The summed E-state index contributed by atoms with van der Waals surface area (Å²) in [6, 6.07) is 6.27. The summed E-state index contributed by atoms with van der Waals surface area (Å²) in [5.41, 5.74) is 2.34. The van der Waals surface area contributed by atoms with Gasteiger partial charge in [-0.3, -0.25) is 4.99 Å². The highest BCUT2D eigenvalue weighted by Crippen LogP contribution is 2.21. The molecule has 0 aliphatic heterocycles. The van der Waals surface area contributed by atoms with Crippen molar-refractivity contribution in [2.45, 2.75) is 40.3 Å². The van der Waals surface area contributed by atoms with E-state index in [0.29, 0.717) is 6.54 Å². The number of nitrogens with zero attached hydrogens (tertiary/aromatic N) is 1. The minimum Gasteiger partial charge on any atom is -0.491 e. The van der Waals surface area contributed by atoms with Crippen LogP contribution in [0.25, 0.3) is 0 Å². The first-order valence-corrected chi connectivity index (χ1v) is 6.77. The number of aryl methyl sites for hydroxylation is 1. The summed E-state index contributed by atoms with van der Waals surface area (Å²) in [7, 11) is 1.77. The van der Waals surface area contributed by atoms with E-state index in [1.54, 1.807) is 7.05 Å². The third-order valence-corrected chi connectivity index (χ3v) is 2.60. The molecule has 5 heteroatoms. The number of hydrogen-bond acceptors (Lipinski definition) is 2. The summed E-state index contributed by atoms with van der Waals surface area (Å²) < 4.78 is 5.85. The highest BCUT2D eigenvalue weighted by Gasteiger charge is 2.07. The van der Waals surface area contributed by atoms with Crippen molar-refractivity contribution in [3.05, 3.63) is 29.3 Å². The lowest BCUT2D eigenvalue weighted by Gasteiger charge is -2.16. The molecule has 0 atom stereocenters. The van der Waals surface area contributed by atoms with E-state index in [4.69, 9.17) is 4.74 Å². The number of rotatable bonds is 5. The molecular formula is C15H26IN3O. The van der Waals surface area contributed by atoms with Crippen molar-refractivity contribution >= 4 is 29.9 Å². The van der Waals surface area contributed by atoms with Gasteiger partial charge in [-0.1, -0.05) is 12.1 Å². The van der Waals surface area contributed by atoms with E-state index in [0.717, 1.165) is 23.8 Å². The Morgan fingerprint density at radius 2 is 2.00 bits per heavy atom. The van der Waals surface area contributed by atoms with Gasteiger partial charge in [-0.25, -0.2) is 0 Å². The van der Waals surface area contributed by atoms with Gasteiger partial charge in [0.05, 0.1) is 6.10 Å². The summed E-state index contributed by atoms with van der Waals surface area (Å²) in [5.74, 6) is 1.74. The Bertz CT molecular complexity index is 433. The molecule has 0 fully saturated rings. The minimum absolute atomic E-state index is 0. The van der Waals surface area contributed by atoms with Crippen molar-refractivity contribution < 1.29 is 4.74 Å². The van der Waals surface area contributed by atoms with E-state index in [9.17, 15) is 0 Å². The van der Waals surface area contributed by atoms with E-state index < -0.39 is 0 Å². The van der Waals surface area contributed by atoms with Crippen LogP contribution >= 0.6 is 24.0 Å². The summed E-state index contributed by atoms with van der Waals surface area (Å²) in [4.78, 5) is 4.15. The SMILES string of the molecule is CCNC(=NC)NCc1ccc(C)cc1OC(C)C.I. The van der Waals surface area contributed by atoms with Crippen LogP contribution < -0.4 is 15.4 Å². The van der Waals surface area contributed by atoms with Crippen LogP contribution in [0, 0.1) is 6.92 Å². The lowest BCUT2D eigenvalue weighted by atomic mass is 10.1. The van der Waals surface area contributed by atoms with Crippen LogP contribution in [0.2, 0.25) is 0 Å². The van der Waals surface area contributed by atoms with Gasteiger partial charge in [0.1, 0.15) is 5.75 Å². The molecule has 0 radical (unpaired) electrons. The molecule has 0 spiro atoms. The third kappa shape index (κ3) is 6.45. The van der Waals surface area contributed by atoms with Crippen LogP contribution in [0.1, 0.15) is 31.9 Å². The molecule has 4 nitrogen and oxygen atoms in total. The molecule has 1 rings (SSSR count).